The van der Waals surface area contributed by atoms with Crippen molar-refractivity contribution in [2.45, 2.75) is 6.04 Å². The lowest BCUT2D eigenvalue weighted by Gasteiger charge is -2.13. The second kappa shape index (κ2) is 4.53. The summed E-state index contributed by atoms with van der Waals surface area (Å²) in [6.07, 6.45) is 3.28. The molecule has 0 aliphatic rings. The van der Waals surface area contributed by atoms with Crippen LogP contribution in [0.2, 0.25) is 5.02 Å². The molecule has 1 atom stereocenters. The van der Waals surface area contributed by atoms with E-state index in [2.05, 4.69) is 26.0 Å². The number of hydrogen-bond acceptors (Lipinski definition) is 3. The van der Waals surface area contributed by atoms with Gasteiger partial charge in [-0.3, -0.25) is 9.67 Å². The topological polar surface area (TPSA) is 56.7 Å². The van der Waals surface area contributed by atoms with Gasteiger partial charge in [0.15, 0.2) is 0 Å². The first-order valence-corrected chi connectivity index (χ1v) is 5.81. The van der Waals surface area contributed by atoms with Crippen LogP contribution in [-0.2, 0) is 7.05 Å². The van der Waals surface area contributed by atoms with Crippen molar-refractivity contribution in [2.24, 2.45) is 12.8 Å². The second-order valence-corrected chi connectivity index (χ2v) is 4.61. The second-order valence-electron chi connectivity index (χ2n) is 3.35. The Labute approximate surface area is 107 Å². The first-order valence-electron chi connectivity index (χ1n) is 4.64. The van der Waals surface area contributed by atoms with E-state index >= 15 is 0 Å². The number of hydrogen-bond donors (Lipinski definition) is 1. The summed E-state index contributed by atoms with van der Waals surface area (Å²) in [6, 6.07) is 3.34. The van der Waals surface area contributed by atoms with Gasteiger partial charge < -0.3 is 5.73 Å². The fourth-order valence-corrected chi connectivity index (χ4v) is 2.31. The minimum absolute atomic E-state index is 0.393. The molecule has 0 fully saturated rings. The molecule has 2 N–H and O–H groups in total. The molecule has 2 aromatic rings. The number of aromatic nitrogens is 3. The third-order valence-corrected chi connectivity index (χ3v) is 3.28. The number of halogens is 2. The largest absolute Gasteiger partial charge is 0.318 e. The molecule has 2 heterocycles. The Hall–Kier alpha value is -0.910. The minimum Gasteiger partial charge on any atom is -0.318 e. The predicted molar refractivity (Wildman–Crippen MR) is 66.2 cm³/mol. The third kappa shape index (κ3) is 1.98. The highest BCUT2D eigenvalue weighted by Gasteiger charge is 2.19. The van der Waals surface area contributed by atoms with Crippen LogP contribution < -0.4 is 5.73 Å². The van der Waals surface area contributed by atoms with Crippen molar-refractivity contribution in [3.05, 3.63) is 45.4 Å². The molecule has 4 nitrogen and oxygen atoms in total. The first kappa shape index (κ1) is 11.6. The van der Waals surface area contributed by atoms with Crippen LogP contribution in [0.5, 0.6) is 0 Å². The monoisotopic (exact) mass is 300 g/mol. The molecule has 0 aromatic carbocycles. The molecule has 0 amide bonds. The third-order valence-electron chi connectivity index (χ3n) is 2.31. The smallest absolute Gasteiger partial charge is 0.0923 e. The van der Waals surface area contributed by atoms with Gasteiger partial charge in [0.1, 0.15) is 0 Å². The molecule has 0 bridgehead atoms. The van der Waals surface area contributed by atoms with E-state index in [4.69, 9.17) is 17.3 Å². The maximum atomic E-state index is 6.13. The summed E-state index contributed by atoms with van der Waals surface area (Å²) in [5, 5.41) is 4.60. The van der Waals surface area contributed by atoms with E-state index in [0.29, 0.717) is 5.02 Å². The van der Waals surface area contributed by atoms with Gasteiger partial charge >= 0.3 is 0 Å². The van der Waals surface area contributed by atoms with Crippen LogP contribution in [-0.4, -0.2) is 14.8 Å². The van der Waals surface area contributed by atoms with Crippen LogP contribution in [0.25, 0.3) is 0 Å². The number of aryl methyl sites for hydroxylation is 1. The highest BCUT2D eigenvalue weighted by molar-refractivity contribution is 9.10. The lowest BCUT2D eigenvalue weighted by molar-refractivity contribution is 0.662. The van der Waals surface area contributed by atoms with Gasteiger partial charge in [0.05, 0.1) is 28.6 Å². The SMILES string of the molecule is Cn1ncc(Cl)c1C(N)c1ncccc1Br. The van der Waals surface area contributed by atoms with Crippen LogP contribution >= 0.6 is 27.5 Å². The first-order chi connectivity index (χ1) is 7.61. The maximum absolute atomic E-state index is 6.13. The average Bonchev–Trinajstić information content (AvgIpc) is 2.58. The van der Waals surface area contributed by atoms with Crippen LogP contribution in [0.3, 0.4) is 0 Å². The van der Waals surface area contributed by atoms with E-state index in [9.17, 15) is 0 Å². The Morgan fingerprint density at radius 2 is 2.31 bits per heavy atom. The van der Waals surface area contributed by atoms with Gasteiger partial charge in [0.25, 0.3) is 0 Å². The minimum atomic E-state index is -0.393. The number of nitrogens with two attached hydrogens (primary N) is 1. The van der Waals surface area contributed by atoms with E-state index in [0.717, 1.165) is 15.9 Å². The highest BCUT2D eigenvalue weighted by atomic mass is 79.9. The normalized spacial score (nSPS) is 12.8. The lowest BCUT2D eigenvalue weighted by Crippen LogP contribution is -2.18. The molecule has 84 valence electrons. The zero-order valence-electron chi connectivity index (χ0n) is 8.56. The van der Waals surface area contributed by atoms with E-state index in [1.165, 1.54) is 0 Å². The van der Waals surface area contributed by atoms with Gasteiger partial charge in [-0.1, -0.05) is 11.6 Å². The molecular formula is C10H10BrClN4. The zero-order chi connectivity index (χ0) is 11.7. The Bertz CT molecular complexity index is 492. The molecule has 1 unspecified atom stereocenters. The Kier molecular flexibility index (Phi) is 3.28. The Morgan fingerprint density at radius 3 is 2.88 bits per heavy atom. The summed E-state index contributed by atoms with van der Waals surface area (Å²) in [5.74, 6) is 0. The van der Waals surface area contributed by atoms with Crippen molar-refractivity contribution >= 4 is 27.5 Å². The van der Waals surface area contributed by atoms with Gasteiger partial charge in [0.2, 0.25) is 0 Å². The standard InChI is InChI=1S/C10H10BrClN4/c1-16-10(7(12)5-15-16)8(13)9-6(11)3-2-4-14-9/h2-5,8H,13H2,1H3. The summed E-state index contributed by atoms with van der Waals surface area (Å²) in [7, 11) is 1.80. The van der Waals surface area contributed by atoms with Gasteiger partial charge in [0, 0.05) is 17.7 Å². The van der Waals surface area contributed by atoms with Gasteiger partial charge in [-0.05, 0) is 28.1 Å². The molecule has 0 aliphatic carbocycles. The molecule has 0 spiro atoms. The molecule has 0 aliphatic heterocycles. The fourth-order valence-electron chi connectivity index (χ4n) is 1.53. The summed E-state index contributed by atoms with van der Waals surface area (Å²) >= 11 is 9.45. The van der Waals surface area contributed by atoms with Crippen molar-refractivity contribution in [3.8, 4) is 0 Å². The van der Waals surface area contributed by atoms with Crippen molar-refractivity contribution in [1.82, 2.24) is 14.8 Å². The van der Waals surface area contributed by atoms with Crippen molar-refractivity contribution in [3.63, 3.8) is 0 Å². The molecular weight excluding hydrogens is 291 g/mol. The van der Waals surface area contributed by atoms with Crippen LogP contribution in [0, 0.1) is 0 Å². The molecule has 6 heteroatoms. The predicted octanol–water partition coefficient (Wildman–Crippen LogP) is 2.28. The Morgan fingerprint density at radius 1 is 1.56 bits per heavy atom. The summed E-state index contributed by atoms with van der Waals surface area (Å²) in [6.45, 7) is 0. The summed E-state index contributed by atoms with van der Waals surface area (Å²) in [5.41, 5.74) is 7.62. The van der Waals surface area contributed by atoms with Gasteiger partial charge in [-0.2, -0.15) is 5.10 Å². The van der Waals surface area contributed by atoms with Crippen molar-refractivity contribution < 1.29 is 0 Å². The van der Waals surface area contributed by atoms with Crippen LogP contribution in [0.15, 0.2) is 29.0 Å². The van der Waals surface area contributed by atoms with Crippen molar-refractivity contribution in [2.75, 3.05) is 0 Å². The number of nitrogens with zero attached hydrogens (tertiary/aromatic N) is 3. The summed E-state index contributed by atoms with van der Waals surface area (Å²) < 4.78 is 2.52. The molecule has 2 rings (SSSR count). The maximum Gasteiger partial charge on any atom is 0.0923 e. The summed E-state index contributed by atoms with van der Waals surface area (Å²) in [4.78, 5) is 4.24. The molecule has 0 saturated carbocycles. The van der Waals surface area contributed by atoms with E-state index in [-0.39, 0.29) is 0 Å². The quantitative estimate of drug-likeness (QED) is 0.926. The van der Waals surface area contributed by atoms with Crippen LogP contribution in [0.4, 0.5) is 0 Å². The zero-order valence-corrected chi connectivity index (χ0v) is 10.9. The highest BCUT2D eigenvalue weighted by Crippen LogP contribution is 2.28. The Balaban J connectivity index is 2.47. The molecule has 16 heavy (non-hydrogen) atoms. The van der Waals surface area contributed by atoms with E-state index < -0.39 is 6.04 Å². The van der Waals surface area contributed by atoms with Crippen LogP contribution in [0.1, 0.15) is 17.4 Å². The number of rotatable bonds is 2. The van der Waals surface area contributed by atoms with E-state index in [1.807, 2.05) is 12.1 Å². The molecule has 0 radical (unpaired) electrons. The lowest BCUT2D eigenvalue weighted by atomic mass is 10.1. The van der Waals surface area contributed by atoms with E-state index in [1.54, 1.807) is 24.1 Å². The van der Waals surface area contributed by atoms with Gasteiger partial charge in [-0.15, -0.1) is 0 Å². The molecule has 0 saturated heterocycles. The fraction of sp³-hybridized carbons (Fsp3) is 0.200. The molecule has 2 aromatic heterocycles. The van der Waals surface area contributed by atoms with Gasteiger partial charge in [-0.25, -0.2) is 0 Å². The average molecular weight is 302 g/mol. The van der Waals surface area contributed by atoms with Crippen molar-refractivity contribution in [1.29, 1.82) is 0 Å². The number of pyridine rings is 1.